The van der Waals surface area contributed by atoms with Gasteiger partial charge in [-0.05, 0) is 50.3 Å². The van der Waals surface area contributed by atoms with Crippen molar-refractivity contribution in [3.63, 3.8) is 0 Å². The van der Waals surface area contributed by atoms with E-state index in [2.05, 4.69) is 4.72 Å². The Morgan fingerprint density at radius 2 is 1.74 bits per heavy atom. The summed E-state index contributed by atoms with van der Waals surface area (Å²) in [6, 6.07) is 8.86. The topological polar surface area (TPSA) is 67.9 Å². The van der Waals surface area contributed by atoms with Crippen LogP contribution in [0.5, 0.6) is 11.5 Å². The minimum absolute atomic E-state index is 0.0899. The van der Waals surface area contributed by atoms with Gasteiger partial charge in [-0.3, -0.25) is 0 Å². The number of nitrogens with one attached hydrogen (secondary N) is 1. The Morgan fingerprint density at radius 1 is 1.11 bits per heavy atom. The van der Waals surface area contributed by atoms with Crippen LogP contribution in [0.3, 0.4) is 0 Å². The summed E-state index contributed by atoms with van der Waals surface area (Å²) in [5.74, 6) is 0.426. The van der Waals surface area contributed by atoms with Crippen molar-refractivity contribution in [3.05, 3.63) is 53.3 Å². The van der Waals surface area contributed by atoms with Gasteiger partial charge in [-0.15, -0.1) is 0 Å². The van der Waals surface area contributed by atoms with Crippen LogP contribution in [0.2, 0.25) is 0 Å². The first-order chi connectivity index (χ1) is 12.7. The summed E-state index contributed by atoms with van der Waals surface area (Å²) in [6.45, 7) is 1.78. The lowest BCUT2D eigenvalue weighted by atomic mass is 10.1. The molecule has 27 heavy (non-hydrogen) atoms. The largest absolute Gasteiger partial charge is 0.493 e. The molecule has 2 aromatic carbocycles. The Kier molecular flexibility index (Phi) is 6.80. The van der Waals surface area contributed by atoms with E-state index in [-0.39, 0.29) is 23.3 Å². The molecule has 0 fully saturated rings. The Bertz CT molecular complexity index is 901. The molecule has 0 spiro atoms. The van der Waals surface area contributed by atoms with Crippen molar-refractivity contribution in [1.29, 1.82) is 0 Å². The summed E-state index contributed by atoms with van der Waals surface area (Å²) in [5.41, 5.74) is 1.22. The second-order valence-corrected chi connectivity index (χ2v) is 8.09. The van der Waals surface area contributed by atoms with Crippen LogP contribution >= 0.6 is 0 Å². The molecule has 0 aromatic heterocycles. The minimum Gasteiger partial charge on any atom is -0.493 e. The highest BCUT2D eigenvalue weighted by atomic mass is 32.2. The third-order valence-electron chi connectivity index (χ3n) is 4.29. The smallest absolute Gasteiger partial charge is 0.241 e. The number of ether oxygens (including phenoxy) is 2. The number of halogens is 1. The molecule has 0 saturated heterocycles. The standard InChI is InChI=1S/C19H25FN2O4S/c1-13-9-17(25-4)18(26-5)11-19(13)27(23,24)21-12-16(22(2)3)14-7-6-8-15(20)10-14/h6-11,16,21H,12H2,1-5H3/t16-/m0/s1. The molecule has 2 rings (SSSR count). The quantitative estimate of drug-likeness (QED) is 0.743. The molecule has 0 bridgehead atoms. The summed E-state index contributed by atoms with van der Waals surface area (Å²) in [7, 11) is 2.76. The van der Waals surface area contributed by atoms with Crippen molar-refractivity contribution >= 4 is 10.0 Å². The van der Waals surface area contributed by atoms with Crippen LogP contribution in [0, 0.1) is 12.7 Å². The van der Waals surface area contributed by atoms with Gasteiger partial charge in [-0.2, -0.15) is 0 Å². The lowest BCUT2D eigenvalue weighted by Crippen LogP contribution is -2.34. The Balaban J connectivity index is 2.30. The maximum Gasteiger partial charge on any atom is 0.241 e. The van der Waals surface area contributed by atoms with Crippen molar-refractivity contribution in [2.45, 2.75) is 17.9 Å². The van der Waals surface area contributed by atoms with Gasteiger partial charge < -0.3 is 14.4 Å². The van der Waals surface area contributed by atoms with Crippen LogP contribution in [0.1, 0.15) is 17.2 Å². The number of sulfonamides is 1. The molecule has 0 amide bonds. The zero-order chi connectivity index (χ0) is 20.2. The molecule has 0 saturated carbocycles. The van der Waals surface area contributed by atoms with Crippen LogP contribution in [0.15, 0.2) is 41.3 Å². The summed E-state index contributed by atoms with van der Waals surface area (Å²) < 4.78 is 52.3. The van der Waals surface area contributed by atoms with E-state index in [9.17, 15) is 12.8 Å². The SMILES string of the molecule is COc1cc(C)c(S(=O)(=O)NC[C@@H](c2cccc(F)c2)N(C)C)cc1OC. The first-order valence-electron chi connectivity index (χ1n) is 8.33. The van der Waals surface area contributed by atoms with Crippen molar-refractivity contribution in [2.24, 2.45) is 0 Å². The predicted molar refractivity (Wildman–Crippen MR) is 102 cm³/mol. The Morgan fingerprint density at radius 3 is 2.30 bits per heavy atom. The van der Waals surface area contributed by atoms with E-state index in [4.69, 9.17) is 9.47 Å². The predicted octanol–water partition coefficient (Wildman–Crippen LogP) is 2.73. The van der Waals surface area contributed by atoms with Crippen LogP contribution in [-0.2, 0) is 10.0 Å². The van der Waals surface area contributed by atoms with E-state index in [0.717, 1.165) is 0 Å². The third-order valence-corrected chi connectivity index (χ3v) is 5.86. The maximum atomic E-state index is 13.6. The van der Waals surface area contributed by atoms with Crippen molar-refractivity contribution in [1.82, 2.24) is 9.62 Å². The number of rotatable bonds is 8. The highest BCUT2D eigenvalue weighted by Gasteiger charge is 2.23. The second kappa shape index (κ2) is 8.69. The molecular weight excluding hydrogens is 371 g/mol. The van der Waals surface area contributed by atoms with E-state index >= 15 is 0 Å². The molecule has 0 heterocycles. The highest BCUT2D eigenvalue weighted by molar-refractivity contribution is 7.89. The zero-order valence-corrected chi connectivity index (χ0v) is 16.9. The van der Waals surface area contributed by atoms with Crippen LogP contribution in [0.4, 0.5) is 4.39 Å². The van der Waals surface area contributed by atoms with Crippen LogP contribution in [-0.4, -0.2) is 48.2 Å². The lowest BCUT2D eigenvalue weighted by Gasteiger charge is -2.25. The first kappa shape index (κ1) is 21.1. The van der Waals surface area contributed by atoms with Gasteiger partial charge >= 0.3 is 0 Å². The van der Waals surface area contributed by atoms with E-state index in [1.165, 1.54) is 32.4 Å². The summed E-state index contributed by atoms with van der Waals surface area (Å²) in [4.78, 5) is 1.94. The fourth-order valence-corrected chi connectivity index (χ4v) is 4.11. The first-order valence-corrected chi connectivity index (χ1v) is 9.82. The lowest BCUT2D eigenvalue weighted by molar-refractivity contribution is 0.298. The van der Waals surface area contributed by atoms with Crippen molar-refractivity contribution in [2.75, 3.05) is 34.9 Å². The maximum absolute atomic E-state index is 13.6. The van der Waals surface area contributed by atoms with Gasteiger partial charge in [0.1, 0.15) is 5.82 Å². The van der Waals surface area contributed by atoms with E-state index in [1.807, 2.05) is 19.0 Å². The average molecular weight is 396 g/mol. The van der Waals surface area contributed by atoms with E-state index < -0.39 is 10.0 Å². The molecule has 148 valence electrons. The number of likely N-dealkylation sites (N-methyl/N-ethyl adjacent to an activating group) is 1. The number of aryl methyl sites for hydroxylation is 1. The summed E-state index contributed by atoms with van der Waals surface area (Å²) in [5, 5.41) is 0. The number of benzene rings is 2. The third kappa shape index (κ3) is 4.97. The Labute approximate surface area is 160 Å². The number of nitrogens with zero attached hydrogens (tertiary/aromatic N) is 1. The van der Waals surface area contributed by atoms with Crippen LogP contribution in [0.25, 0.3) is 0 Å². The van der Waals surface area contributed by atoms with E-state index in [0.29, 0.717) is 22.6 Å². The normalized spacial score (nSPS) is 12.9. The van der Waals surface area contributed by atoms with Gasteiger partial charge in [0.15, 0.2) is 11.5 Å². The summed E-state index contributed by atoms with van der Waals surface area (Å²) >= 11 is 0. The van der Waals surface area contributed by atoms with Crippen molar-refractivity contribution in [3.8, 4) is 11.5 Å². The molecule has 1 N–H and O–H groups in total. The fourth-order valence-electron chi connectivity index (χ4n) is 2.83. The number of hydrogen-bond donors (Lipinski definition) is 1. The molecule has 1 atom stereocenters. The molecule has 0 aliphatic heterocycles. The number of methoxy groups -OCH3 is 2. The van der Waals surface area contributed by atoms with Gasteiger partial charge in [0.25, 0.3) is 0 Å². The molecule has 8 heteroatoms. The van der Waals surface area contributed by atoms with Gasteiger partial charge in [0.2, 0.25) is 10.0 Å². The zero-order valence-electron chi connectivity index (χ0n) is 16.1. The minimum atomic E-state index is -3.80. The van der Waals surface area contributed by atoms with Crippen molar-refractivity contribution < 1.29 is 22.3 Å². The summed E-state index contributed by atoms with van der Waals surface area (Å²) in [6.07, 6.45) is 0. The Hall–Kier alpha value is -2.16. The molecular formula is C19H25FN2O4S. The van der Waals surface area contributed by atoms with Gasteiger partial charge in [-0.25, -0.2) is 17.5 Å². The van der Waals surface area contributed by atoms with Crippen LogP contribution < -0.4 is 14.2 Å². The van der Waals surface area contributed by atoms with E-state index in [1.54, 1.807) is 25.1 Å². The van der Waals surface area contributed by atoms with Gasteiger partial charge in [-0.1, -0.05) is 12.1 Å². The molecule has 0 radical (unpaired) electrons. The number of hydrogen-bond acceptors (Lipinski definition) is 5. The monoisotopic (exact) mass is 396 g/mol. The van der Waals surface area contributed by atoms with Gasteiger partial charge in [0.05, 0.1) is 19.1 Å². The molecule has 2 aromatic rings. The molecule has 0 aliphatic carbocycles. The molecule has 6 nitrogen and oxygen atoms in total. The second-order valence-electron chi connectivity index (χ2n) is 6.36. The van der Waals surface area contributed by atoms with Gasteiger partial charge in [0, 0.05) is 18.7 Å². The average Bonchev–Trinajstić information content (AvgIpc) is 2.61. The highest BCUT2D eigenvalue weighted by Crippen LogP contribution is 2.32. The molecule has 0 unspecified atom stereocenters. The molecule has 0 aliphatic rings. The fraction of sp³-hybridized carbons (Fsp3) is 0.368.